The average molecular weight is 487 g/mol. The number of nitrogens with zero attached hydrogens (tertiary/aromatic N) is 1. The molecule has 1 fully saturated rings. The van der Waals surface area contributed by atoms with Crippen molar-refractivity contribution in [1.29, 1.82) is 0 Å². The number of hydrogen-bond donors (Lipinski definition) is 1. The number of ether oxygens (including phenoxy) is 1. The Hall–Kier alpha value is -2.83. The van der Waals surface area contributed by atoms with E-state index in [4.69, 9.17) is 14.9 Å². The first-order chi connectivity index (χ1) is 15.5. The number of primary amides is 1. The number of fused-ring (bicyclic) bond motifs is 4. The zero-order chi connectivity index (χ0) is 24.3. The molecule has 2 aliphatic rings. The molecule has 4 rings (SSSR count). The van der Waals surface area contributed by atoms with Gasteiger partial charge in [-0.3, -0.25) is 9.69 Å². The summed E-state index contributed by atoms with van der Waals surface area (Å²) in [7, 11) is 0. The monoisotopic (exact) mass is 486 g/mol. The zero-order valence-electron chi connectivity index (χ0n) is 20.4. The number of carbonyl (C=O) groups is 2. The lowest BCUT2D eigenvalue weighted by Crippen LogP contribution is -2.57. The molecule has 2 bridgehead atoms. The zero-order valence-corrected chi connectivity index (χ0v) is 21.2. The molecule has 0 unspecified atom stereocenters. The minimum Gasteiger partial charge on any atom is -0.472 e. The van der Waals surface area contributed by atoms with Gasteiger partial charge in [0.2, 0.25) is 5.91 Å². The van der Waals surface area contributed by atoms with Crippen molar-refractivity contribution >= 4 is 24.3 Å². The number of nitrogens with two attached hydrogens (primary N) is 1. The Balaban J connectivity index is 0.000000521. The van der Waals surface area contributed by atoms with Crippen LogP contribution in [0, 0.1) is 5.92 Å². The van der Waals surface area contributed by atoms with Crippen molar-refractivity contribution in [3.05, 3.63) is 77.8 Å². The lowest BCUT2D eigenvalue weighted by Gasteiger charge is -2.54. The summed E-state index contributed by atoms with van der Waals surface area (Å²) < 4.78 is 10.7. The van der Waals surface area contributed by atoms with Gasteiger partial charge in [-0.15, -0.1) is 12.4 Å². The van der Waals surface area contributed by atoms with E-state index in [0.717, 1.165) is 25.9 Å². The van der Waals surface area contributed by atoms with Crippen molar-refractivity contribution in [3.8, 4) is 5.75 Å². The van der Waals surface area contributed by atoms with Crippen LogP contribution in [0.1, 0.15) is 50.8 Å². The summed E-state index contributed by atoms with van der Waals surface area (Å²) in [4.78, 5) is 24.3. The second-order valence-corrected chi connectivity index (χ2v) is 9.46. The molecule has 2 N–H and O–H groups in total. The minimum absolute atomic E-state index is 0. The molecule has 34 heavy (non-hydrogen) atoms. The third-order valence-corrected chi connectivity index (χ3v) is 7.04. The van der Waals surface area contributed by atoms with E-state index in [1.54, 1.807) is 20.1 Å². The molecule has 184 valence electrons. The summed E-state index contributed by atoms with van der Waals surface area (Å²) in [6.45, 7) is 16.9. The van der Waals surface area contributed by atoms with Crippen LogP contribution < -0.4 is 10.5 Å². The Labute approximate surface area is 208 Å². The van der Waals surface area contributed by atoms with E-state index in [0.29, 0.717) is 28.9 Å². The molecular weight excluding hydrogens is 452 g/mol. The molecule has 1 aromatic heterocycles. The van der Waals surface area contributed by atoms with Gasteiger partial charge in [-0.05, 0) is 73.9 Å². The third-order valence-electron chi connectivity index (χ3n) is 7.04. The number of piperidine rings is 1. The van der Waals surface area contributed by atoms with Gasteiger partial charge >= 0.3 is 5.97 Å². The van der Waals surface area contributed by atoms with Crippen LogP contribution in [0.25, 0.3) is 0 Å². The van der Waals surface area contributed by atoms with Gasteiger partial charge in [0.1, 0.15) is 5.75 Å². The highest BCUT2D eigenvalue weighted by Crippen LogP contribution is 2.49. The predicted octanol–water partition coefficient (Wildman–Crippen LogP) is 4.96. The molecule has 1 aliphatic heterocycles. The molecular formula is C27H35ClN2O4. The van der Waals surface area contributed by atoms with Crippen LogP contribution in [-0.4, -0.2) is 29.4 Å². The maximum Gasteiger partial charge on any atom is 0.338 e. The number of likely N-dealkylation sites (tertiary alicyclic amines) is 1. The second-order valence-electron chi connectivity index (χ2n) is 9.46. The fraction of sp³-hybridized carbons (Fsp3) is 0.407. The van der Waals surface area contributed by atoms with Crippen LogP contribution in [-0.2, 0) is 28.0 Å². The molecule has 1 amide bonds. The largest absolute Gasteiger partial charge is 0.472 e. The molecule has 0 radical (unpaired) electrons. The summed E-state index contributed by atoms with van der Waals surface area (Å²) in [6.07, 6.45) is 5.71. The lowest BCUT2D eigenvalue weighted by molar-refractivity contribution is -0.130. The van der Waals surface area contributed by atoms with E-state index in [1.165, 1.54) is 16.7 Å². The van der Waals surface area contributed by atoms with E-state index < -0.39 is 5.91 Å². The standard InChI is InChI=1S/C23H27NO3.C4H7NO.ClH/c1-15(2)22(25)27-19-6-5-18-11-21-16(3)23(4,20(18)12-19)8-9-24(21)13-17-7-10-26-14-17;1-3(2)4(5)6;/h5-7,10,12,14,16,21H,1,8-9,11,13H2,2-4H3;1H2,2H3,(H2,5,6);1H/t16-,21+,23+;;/m0../s1. The topological polar surface area (TPSA) is 85.8 Å². The number of hydrogen-bond acceptors (Lipinski definition) is 5. The summed E-state index contributed by atoms with van der Waals surface area (Å²) in [5.74, 6) is 0.346. The van der Waals surface area contributed by atoms with E-state index in [2.05, 4.69) is 50.1 Å². The van der Waals surface area contributed by atoms with Gasteiger partial charge in [-0.25, -0.2) is 4.79 Å². The van der Waals surface area contributed by atoms with E-state index >= 15 is 0 Å². The lowest BCUT2D eigenvalue weighted by atomic mass is 9.59. The molecule has 1 saturated heterocycles. The molecule has 3 atom stereocenters. The summed E-state index contributed by atoms with van der Waals surface area (Å²) >= 11 is 0. The first kappa shape index (κ1) is 27.4. The molecule has 1 aliphatic carbocycles. The van der Waals surface area contributed by atoms with Gasteiger partial charge in [0.15, 0.2) is 0 Å². The predicted molar refractivity (Wildman–Crippen MR) is 136 cm³/mol. The smallest absolute Gasteiger partial charge is 0.338 e. The minimum atomic E-state index is -0.435. The molecule has 6 nitrogen and oxygen atoms in total. The third kappa shape index (κ3) is 5.80. The molecule has 2 heterocycles. The van der Waals surface area contributed by atoms with Gasteiger partial charge in [0.05, 0.1) is 12.5 Å². The molecule has 1 aromatic carbocycles. The highest BCUT2D eigenvalue weighted by Gasteiger charge is 2.48. The van der Waals surface area contributed by atoms with Crippen molar-refractivity contribution in [2.75, 3.05) is 6.54 Å². The number of amides is 1. The number of benzene rings is 1. The number of rotatable bonds is 5. The van der Waals surface area contributed by atoms with E-state index in [-0.39, 0.29) is 23.8 Å². The first-order valence-electron chi connectivity index (χ1n) is 11.2. The van der Waals surface area contributed by atoms with Crippen LogP contribution in [0.3, 0.4) is 0 Å². The van der Waals surface area contributed by atoms with Gasteiger partial charge in [0.25, 0.3) is 0 Å². The molecule has 2 aromatic rings. The first-order valence-corrected chi connectivity index (χ1v) is 11.2. The second kappa shape index (κ2) is 11.1. The van der Waals surface area contributed by atoms with Crippen LogP contribution in [0.5, 0.6) is 5.75 Å². The fourth-order valence-electron chi connectivity index (χ4n) is 4.76. The molecule has 0 saturated carbocycles. The van der Waals surface area contributed by atoms with Gasteiger partial charge in [-0.1, -0.05) is 33.1 Å². The van der Waals surface area contributed by atoms with Crippen LogP contribution in [0.2, 0.25) is 0 Å². The average Bonchev–Trinajstić information content (AvgIpc) is 3.26. The summed E-state index contributed by atoms with van der Waals surface area (Å²) in [6, 6.07) is 8.69. The van der Waals surface area contributed by atoms with Gasteiger partial charge < -0.3 is 14.9 Å². The molecule has 0 spiro atoms. The van der Waals surface area contributed by atoms with Crippen LogP contribution >= 0.6 is 12.4 Å². The van der Waals surface area contributed by atoms with E-state index in [9.17, 15) is 9.59 Å². The Bertz CT molecular complexity index is 1050. The maximum absolute atomic E-state index is 11.9. The maximum atomic E-state index is 11.9. The van der Waals surface area contributed by atoms with Crippen molar-refractivity contribution in [2.24, 2.45) is 11.7 Å². The van der Waals surface area contributed by atoms with Crippen molar-refractivity contribution < 1.29 is 18.7 Å². The number of halogens is 1. The molecule has 7 heteroatoms. The van der Waals surface area contributed by atoms with Gasteiger partial charge in [0, 0.05) is 29.3 Å². The number of furan rings is 1. The van der Waals surface area contributed by atoms with Crippen LogP contribution in [0.4, 0.5) is 0 Å². The van der Waals surface area contributed by atoms with Crippen LogP contribution in [0.15, 0.2) is 65.5 Å². The highest BCUT2D eigenvalue weighted by molar-refractivity contribution is 5.90. The SMILES string of the molecule is C=C(C)C(=O)Oc1ccc2c(c1)[C@]1(C)CCN(Cc3ccoc3)[C@H](C2)[C@@H]1C.C=C(C)C(N)=O.Cl. The Kier molecular flexibility index (Phi) is 8.92. The van der Waals surface area contributed by atoms with Crippen molar-refractivity contribution in [2.45, 2.75) is 58.5 Å². The highest BCUT2D eigenvalue weighted by atomic mass is 35.5. The fourth-order valence-corrected chi connectivity index (χ4v) is 4.76. The van der Waals surface area contributed by atoms with E-state index in [1.807, 2.05) is 12.3 Å². The normalized spacial score (nSPS) is 22.8. The Morgan fingerprint density at radius 3 is 2.47 bits per heavy atom. The number of carbonyl (C=O) groups excluding carboxylic acids is 2. The number of esters is 1. The quantitative estimate of drug-likeness (QED) is 0.367. The Morgan fingerprint density at radius 2 is 1.91 bits per heavy atom. The summed E-state index contributed by atoms with van der Waals surface area (Å²) in [5, 5.41) is 0. The van der Waals surface area contributed by atoms with Crippen molar-refractivity contribution in [1.82, 2.24) is 4.90 Å². The Morgan fingerprint density at radius 1 is 1.24 bits per heavy atom. The summed E-state index contributed by atoms with van der Waals surface area (Å²) in [5.41, 5.74) is 9.54. The van der Waals surface area contributed by atoms with Gasteiger partial charge in [-0.2, -0.15) is 0 Å². The van der Waals surface area contributed by atoms with Crippen molar-refractivity contribution in [3.63, 3.8) is 0 Å².